The van der Waals surface area contributed by atoms with E-state index in [1.54, 1.807) is 7.11 Å². The molecule has 0 N–H and O–H groups in total. The third-order valence-electron chi connectivity index (χ3n) is 5.03. The van der Waals surface area contributed by atoms with Gasteiger partial charge in [0.2, 0.25) is 11.2 Å². The van der Waals surface area contributed by atoms with Crippen LogP contribution in [-0.4, -0.2) is 7.11 Å². The molecule has 0 aliphatic heterocycles. The van der Waals surface area contributed by atoms with E-state index < -0.39 is 10.2 Å². The highest BCUT2D eigenvalue weighted by Gasteiger charge is 2.19. The molecule has 4 aromatic rings. The number of benzene rings is 3. The molecule has 0 radical (unpaired) electrons. The normalized spacial score (nSPS) is 11.3. The van der Waals surface area contributed by atoms with Crippen molar-refractivity contribution in [2.75, 3.05) is 7.11 Å². The molecule has 0 aliphatic rings. The number of nitrogens with zero attached hydrogens (tertiary/aromatic N) is 1. The summed E-state index contributed by atoms with van der Waals surface area (Å²) in [6, 6.07) is 23.7. The van der Waals surface area contributed by atoms with Gasteiger partial charge in [0.15, 0.2) is 0 Å². The number of aromatic nitrogens is 1. The molecule has 1 aromatic heterocycles. The SMILES string of the molecule is CCc1cc(-c2ccc(OC)cc2)[n+](C)c2ccc3ccccc3c12.[O-][Cl+3]([O-])([O-])[O-]. The minimum absolute atomic E-state index is 0.883. The lowest BCUT2D eigenvalue weighted by atomic mass is 9.97. The largest absolute Gasteiger partial charge is 0.497 e. The van der Waals surface area contributed by atoms with Crippen molar-refractivity contribution < 1.29 is 38.2 Å². The van der Waals surface area contributed by atoms with E-state index in [1.807, 2.05) is 12.1 Å². The Labute approximate surface area is 176 Å². The van der Waals surface area contributed by atoms with E-state index in [2.05, 4.69) is 73.1 Å². The van der Waals surface area contributed by atoms with Crippen LogP contribution in [0.4, 0.5) is 0 Å². The van der Waals surface area contributed by atoms with Gasteiger partial charge in [-0.15, -0.1) is 10.2 Å². The summed E-state index contributed by atoms with van der Waals surface area (Å²) in [5.74, 6) is 0.883. The third-order valence-corrected chi connectivity index (χ3v) is 5.03. The van der Waals surface area contributed by atoms with Crippen molar-refractivity contribution in [2.24, 2.45) is 7.05 Å². The van der Waals surface area contributed by atoms with Gasteiger partial charge < -0.3 is 4.74 Å². The van der Waals surface area contributed by atoms with Crippen LogP contribution in [0.5, 0.6) is 5.75 Å². The van der Waals surface area contributed by atoms with E-state index in [0.29, 0.717) is 0 Å². The van der Waals surface area contributed by atoms with Crippen LogP contribution in [0, 0.1) is 10.2 Å². The summed E-state index contributed by atoms with van der Waals surface area (Å²) in [5.41, 5.74) is 5.08. The maximum atomic E-state index is 8.49. The zero-order chi connectivity index (χ0) is 21.9. The first-order chi connectivity index (χ1) is 14.2. The predicted molar refractivity (Wildman–Crippen MR) is 104 cm³/mol. The zero-order valence-corrected chi connectivity index (χ0v) is 17.7. The fourth-order valence-corrected chi connectivity index (χ4v) is 3.66. The monoisotopic (exact) mass is 427 g/mol. The molecule has 0 unspecified atom stereocenters. The summed E-state index contributed by atoms with van der Waals surface area (Å²) in [5, 5.41) is 3.98. The van der Waals surface area contributed by atoms with Gasteiger partial charge in [-0.3, -0.25) is 0 Å². The summed E-state index contributed by atoms with van der Waals surface area (Å²) in [6.45, 7) is 2.23. The first-order valence-electron chi connectivity index (χ1n) is 9.32. The maximum Gasteiger partial charge on any atom is 0.213 e. The van der Waals surface area contributed by atoms with E-state index in [4.69, 9.17) is 23.4 Å². The van der Waals surface area contributed by atoms with Crippen LogP contribution < -0.4 is 27.9 Å². The van der Waals surface area contributed by atoms with Crippen molar-refractivity contribution in [3.63, 3.8) is 0 Å². The highest BCUT2D eigenvalue weighted by molar-refractivity contribution is 6.07. The smallest absolute Gasteiger partial charge is 0.213 e. The summed E-state index contributed by atoms with van der Waals surface area (Å²) in [7, 11) is -1.10. The Balaban J connectivity index is 0.000000461. The van der Waals surface area contributed by atoms with Gasteiger partial charge in [0.25, 0.3) is 0 Å². The van der Waals surface area contributed by atoms with E-state index in [9.17, 15) is 0 Å². The molecule has 0 saturated carbocycles. The fraction of sp³-hybridized carbons (Fsp3) is 0.174. The average molecular weight is 428 g/mol. The Morgan fingerprint density at radius 3 is 2.13 bits per heavy atom. The second kappa shape index (κ2) is 8.95. The van der Waals surface area contributed by atoms with Gasteiger partial charge in [0, 0.05) is 17.7 Å². The Bertz CT molecular complexity index is 1160. The predicted octanol–water partition coefficient (Wildman–Crippen LogP) is 0.299. The summed E-state index contributed by atoms with van der Waals surface area (Å²) in [6.07, 6.45) is 1.01. The second-order valence-electron chi connectivity index (χ2n) is 6.75. The van der Waals surface area contributed by atoms with Crippen LogP contribution in [-0.2, 0) is 13.5 Å². The van der Waals surface area contributed by atoms with Crippen molar-refractivity contribution in [2.45, 2.75) is 13.3 Å². The number of aryl methyl sites for hydroxylation is 2. The van der Waals surface area contributed by atoms with Crippen LogP contribution in [0.2, 0.25) is 0 Å². The van der Waals surface area contributed by atoms with Crippen molar-refractivity contribution in [3.05, 3.63) is 72.3 Å². The molecule has 6 nitrogen and oxygen atoms in total. The molecule has 0 spiro atoms. The number of pyridine rings is 1. The maximum absolute atomic E-state index is 8.49. The lowest BCUT2D eigenvalue weighted by Crippen LogP contribution is -2.68. The topological polar surface area (TPSA) is 105 Å². The lowest BCUT2D eigenvalue weighted by Gasteiger charge is -2.17. The molecule has 30 heavy (non-hydrogen) atoms. The molecule has 156 valence electrons. The van der Waals surface area contributed by atoms with Crippen molar-refractivity contribution in [1.82, 2.24) is 0 Å². The number of rotatable bonds is 3. The van der Waals surface area contributed by atoms with Gasteiger partial charge in [-0.2, -0.15) is 4.57 Å². The number of hydrogen-bond donors (Lipinski definition) is 0. The summed E-state index contributed by atoms with van der Waals surface area (Å²) < 4.78 is 41.6. The Morgan fingerprint density at radius 1 is 0.900 bits per heavy atom. The van der Waals surface area contributed by atoms with Gasteiger partial charge in [-0.05, 0) is 53.1 Å². The number of halogens is 1. The van der Waals surface area contributed by atoms with E-state index in [-0.39, 0.29) is 0 Å². The third kappa shape index (κ3) is 4.87. The minimum Gasteiger partial charge on any atom is -0.497 e. The molecule has 1 heterocycles. The van der Waals surface area contributed by atoms with Crippen molar-refractivity contribution in [1.29, 1.82) is 0 Å². The molecular formula is C23H22ClNO5. The quantitative estimate of drug-likeness (QED) is 0.345. The van der Waals surface area contributed by atoms with Gasteiger partial charge in [-0.1, -0.05) is 31.2 Å². The average Bonchev–Trinajstić information content (AvgIpc) is 2.73. The molecule has 0 saturated heterocycles. The molecule has 3 aromatic carbocycles. The first kappa shape index (κ1) is 22.0. The van der Waals surface area contributed by atoms with Crippen LogP contribution in [0.1, 0.15) is 12.5 Å². The van der Waals surface area contributed by atoms with Gasteiger partial charge in [0.1, 0.15) is 12.8 Å². The Kier molecular flexibility index (Phi) is 6.55. The summed E-state index contributed by atoms with van der Waals surface area (Å²) >= 11 is 0. The Hall–Kier alpha value is -2.74. The van der Waals surface area contributed by atoms with Gasteiger partial charge in [0.05, 0.1) is 12.5 Å². The van der Waals surface area contributed by atoms with Crippen LogP contribution in [0.25, 0.3) is 32.9 Å². The lowest BCUT2D eigenvalue weighted by molar-refractivity contribution is -2.00. The molecule has 0 amide bonds. The van der Waals surface area contributed by atoms with Crippen LogP contribution >= 0.6 is 0 Å². The van der Waals surface area contributed by atoms with Crippen LogP contribution in [0.15, 0.2) is 66.7 Å². The molecule has 0 bridgehead atoms. The summed E-state index contributed by atoms with van der Waals surface area (Å²) in [4.78, 5) is 0. The molecule has 4 rings (SSSR count). The minimum atomic E-state index is -4.94. The van der Waals surface area contributed by atoms with E-state index in [1.165, 1.54) is 38.5 Å². The van der Waals surface area contributed by atoms with Gasteiger partial charge in [-0.25, -0.2) is 18.6 Å². The first-order valence-corrected chi connectivity index (χ1v) is 10.6. The van der Waals surface area contributed by atoms with E-state index >= 15 is 0 Å². The number of methoxy groups -OCH3 is 1. The standard InChI is InChI=1S/C23H22NO.ClHO4/c1-4-16-15-22(18-9-12-19(25-3)13-10-18)24(2)21-14-11-17-7-5-6-8-20(17)23(16)21;2-1(3,4)5/h5-15H,4H2,1-3H3;(H,2,3,4,5)/q+1;/p-1. The number of fused-ring (bicyclic) bond motifs is 3. The van der Waals surface area contributed by atoms with Crippen molar-refractivity contribution in [3.8, 4) is 17.0 Å². The number of ether oxygens (including phenoxy) is 1. The number of hydrogen-bond acceptors (Lipinski definition) is 5. The molecule has 0 atom stereocenters. The van der Waals surface area contributed by atoms with Crippen LogP contribution in [0.3, 0.4) is 0 Å². The molecule has 7 heteroatoms. The highest BCUT2D eigenvalue weighted by Crippen LogP contribution is 2.30. The molecular weight excluding hydrogens is 406 g/mol. The highest BCUT2D eigenvalue weighted by atomic mass is 35.7. The Morgan fingerprint density at radius 2 is 1.53 bits per heavy atom. The molecule has 0 fully saturated rings. The van der Waals surface area contributed by atoms with E-state index in [0.717, 1.165) is 12.2 Å². The van der Waals surface area contributed by atoms with Crippen molar-refractivity contribution >= 4 is 21.7 Å². The fourth-order valence-electron chi connectivity index (χ4n) is 3.66. The van der Waals surface area contributed by atoms with Gasteiger partial charge >= 0.3 is 0 Å². The molecule has 0 aliphatic carbocycles. The zero-order valence-electron chi connectivity index (χ0n) is 16.9. The second-order valence-corrected chi connectivity index (χ2v) is 7.51.